The summed E-state index contributed by atoms with van der Waals surface area (Å²) >= 11 is 0. The normalized spacial score (nSPS) is 11.6. The van der Waals surface area contributed by atoms with Crippen LogP contribution in [0.5, 0.6) is 0 Å². The number of aryl methyl sites for hydroxylation is 1. The van der Waals surface area contributed by atoms with Gasteiger partial charge in [-0.1, -0.05) is 12.1 Å². The molecule has 0 fully saturated rings. The second kappa shape index (κ2) is 4.62. The van der Waals surface area contributed by atoms with Gasteiger partial charge in [0.2, 0.25) is 0 Å². The molecule has 0 radical (unpaired) electrons. The number of nitrogen functional groups attached to an aromatic ring is 1. The summed E-state index contributed by atoms with van der Waals surface area (Å²) in [6.07, 6.45) is 1.09. The molecule has 1 rings (SSSR count). The van der Waals surface area contributed by atoms with Crippen LogP contribution < -0.4 is 5.73 Å². The first-order chi connectivity index (χ1) is 6.53. The molecule has 0 aliphatic carbocycles. The Morgan fingerprint density at radius 1 is 1.21 bits per heavy atom. The van der Waals surface area contributed by atoms with Gasteiger partial charge in [0.05, 0.1) is 0 Å². The number of rotatable bonds is 4. The molecule has 2 N–H and O–H groups in total. The molecule has 1 aromatic rings. The topological polar surface area (TPSA) is 35.2 Å². The average molecular weight is 209 g/mol. The maximum absolute atomic E-state index is 5.62. The molecule has 0 unspecified atom stereocenters. The molecule has 0 heterocycles. The van der Waals surface area contributed by atoms with Crippen molar-refractivity contribution in [3.05, 3.63) is 29.8 Å². The molecule has 0 saturated heterocycles. The van der Waals surface area contributed by atoms with Crippen LogP contribution in [0.1, 0.15) is 5.56 Å². The van der Waals surface area contributed by atoms with Crippen LogP contribution in [0, 0.1) is 0 Å². The van der Waals surface area contributed by atoms with Gasteiger partial charge >= 0.3 is 0 Å². The van der Waals surface area contributed by atoms with Crippen molar-refractivity contribution in [2.45, 2.75) is 25.6 Å². The quantitative estimate of drug-likeness (QED) is 0.611. The van der Waals surface area contributed by atoms with E-state index in [2.05, 4.69) is 25.2 Å². The lowest BCUT2D eigenvalue weighted by Gasteiger charge is -2.19. The first kappa shape index (κ1) is 11.3. The number of hydrogen-bond acceptors (Lipinski definition) is 2. The zero-order valence-electron chi connectivity index (χ0n) is 9.21. The molecule has 0 spiro atoms. The summed E-state index contributed by atoms with van der Waals surface area (Å²) in [6, 6.07) is 9.26. The van der Waals surface area contributed by atoms with Gasteiger partial charge in [-0.05, 0) is 43.3 Å². The van der Waals surface area contributed by atoms with Crippen molar-refractivity contribution < 1.29 is 4.43 Å². The summed E-state index contributed by atoms with van der Waals surface area (Å²) in [5, 5.41) is 0. The van der Waals surface area contributed by atoms with Crippen molar-refractivity contribution in [2.24, 2.45) is 0 Å². The summed E-state index contributed by atoms with van der Waals surface area (Å²) in [4.78, 5) is 0. The lowest BCUT2D eigenvalue weighted by molar-refractivity contribution is 0.403. The van der Waals surface area contributed by atoms with E-state index in [-0.39, 0.29) is 0 Å². The number of nitrogens with two attached hydrogens (primary N) is 1. The molecule has 3 heteroatoms. The monoisotopic (exact) mass is 209 g/mol. The first-order valence-electron chi connectivity index (χ1n) is 4.93. The van der Waals surface area contributed by atoms with Gasteiger partial charge in [-0.2, -0.15) is 0 Å². The molecule has 0 aliphatic rings. The summed E-state index contributed by atoms with van der Waals surface area (Å²) in [5.41, 5.74) is 7.79. The molecule has 0 saturated carbocycles. The number of hydrogen-bond donors (Lipinski definition) is 1. The summed E-state index contributed by atoms with van der Waals surface area (Å²) in [6.45, 7) is 4.48. The summed E-state index contributed by atoms with van der Waals surface area (Å²) in [7, 11) is 0.410. The van der Waals surface area contributed by atoms with E-state index in [1.807, 2.05) is 19.2 Å². The highest BCUT2D eigenvalue weighted by molar-refractivity contribution is 6.71. The standard InChI is InChI=1S/C11H19NOSi/c1-13-14(2,3)9-8-10-4-6-11(12)7-5-10/h4-7H,8-9,12H2,1-3H3. The Balaban J connectivity index is 2.50. The maximum Gasteiger partial charge on any atom is 0.186 e. The molecule has 0 bridgehead atoms. The zero-order chi connectivity index (χ0) is 10.6. The third kappa shape index (κ3) is 3.52. The van der Waals surface area contributed by atoms with E-state index in [0.29, 0.717) is 0 Å². The molecular formula is C11H19NOSi. The Kier molecular flexibility index (Phi) is 3.72. The third-order valence-corrected chi connectivity index (χ3v) is 5.11. The van der Waals surface area contributed by atoms with Crippen LogP contribution in [0.25, 0.3) is 0 Å². The van der Waals surface area contributed by atoms with Crippen LogP contribution in [-0.4, -0.2) is 15.4 Å². The highest BCUT2D eigenvalue weighted by atomic mass is 28.4. The van der Waals surface area contributed by atoms with Gasteiger partial charge in [0.1, 0.15) is 0 Å². The molecule has 78 valence electrons. The fraction of sp³-hybridized carbons (Fsp3) is 0.455. The van der Waals surface area contributed by atoms with Crippen LogP contribution in [0.2, 0.25) is 19.1 Å². The minimum atomic E-state index is -1.40. The van der Waals surface area contributed by atoms with Gasteiger partial charge in [-0.25, -0.2) is 0 Å². The Bertz CT molecular complexity index is 282. The Morgan fingerprint density at radius 3 is 2.29 bits per heavy atom. The fourth-order valence-corrected chi connectivity index (χ4v) is 2.33. The molecule has 0 atom stereocenters. The van der Waals surface area contributed by atoms with Gasteiger partial charge in [0, 0.05) is 12.8 Å². The number of anilines is 1. The van der Waals surface area contributed by atoms with E-state index in [0.717, 1.165) is 18.2 Å². The predicted molar refractivity (Wildman–Crippen MR) is 63.9 cm³/mol. The molecule has 14 heavy (non-hydrogen) atoms. The third-order valence-electron chi connectivity index (χ3n) is 2.55. The Labute approximate surface area is 87.2 Å². The van der Waals surface area contributed by atoms with Crippen molar-refractivity contribution in [1.29, 1.82) is 0 Å². The first-order valence-corrected chi connectivity index (χ1v) is 8.04. The molecular weight excluding hydrogens is 190 g/mol. The van der Waals surface area contributed by atoms with Crippen molar-refractivity contribution in [3.63, 3.8) is 0 Å². The van der Waals surface area contributed by atoms with E-state index in [4.69, 9.17) is 10.2 Å². The smallest absolute Gasteiger partial charge is 0.186 e. The maximum atomic E-state index is 5.62. The van der Waals surface area contributed by atoms with Crippen molar-refractivity contribution in [1.82, 2.24) is 0 Å². The highest BCUT2D eigenvalue weighted by Gasteiger charge is 2.19. The summed E-state index contributed by atoms with van der Waals surface area (Å²) < 4.78 is 5.50. The van der Waals surface area contributed by atoms with Crippen LogP contribution in [-0.2, 0) is 10.8 Å². The fourth-order valence-electron chi connectivity index (χ4n) is 1.23. The van der Waals surface area contributed by atoms with Crippen LogP contribution >= 0.6 is 0 Å². The molecule has 2 nitrogen and oxygen atoms in total. The molecule has 1 aromatic carbocycles. The van der Waals surface area contributed by atoms with Gasteiger partial charge in [-0.15, -0.1) is 0 Å². The molecule has 0 aromatic heterocycles. The second-order valence-electron chi connectivity index (χ2n) is 4.21. The summed E-state index contributed by atoms with van der Waals surface area (Å²) in [5.74, 6) is 0. The van der Waals surface area contributed by atoms with E-state index in [9.17, 15) is 0 Å². The van der Waals surface area contributed by atoms with E-state index in [1.165, 1.54) is 5.56 Å². The Hall–Kier alpha value is -0.803. The van der Waals surface area contributed by atoms with Gasteiger partial charge in [-0.3, -0.25) is 0 Å². The van der Waals surface area contributed by atoms with Gasteiger partial charge < -0.3 is 10.2 Å². The van der Waals surface area contributed by atoms with Gasteiger partial charge in [0.15, 0.2) is 8.32 Å². The minimum Gasteiger partial charge on any atom is -0.420 e. The van der Waals surface area contributed by atoms with Crippen LogP contribution in [0.3, 0.4) is 0 Å². The van der Waals surface area contributed by atoms with E-state index >= 15 is 0 Å². The van der Waals surface area contributed by atoms with Crippen molar-refractivity contribution in [3.8, 4) is 0 Å². The minimum absolute atomic E-state index is 0.831. The molecule has 0 aliphatic heterocycles. The average Bonchev–Trinajstić information content (AvgIpc) is 2.17. The highest BCUT2D eigenvalue weighted by Crippen LogP contribution is 2.15. The van der Waals surface area contributed by atoms with Crippen LogP contribution in [0.4, 0.5) is 5.69 Å². The van der Waals surface area contributed by atoms with Crippen molar-refractivity contribution >= 4 is 14.0 Å². The number of benzene rings is 1. The predicted octanol–water partition coefficient (Wildman–Crippen LogP) is 2.66. The Morgan fingerprint density at radius 2 is 1.79 bits per heavy atom. The SMILES string of the molecule is CO[Si](C)(C)CCc1ccc(N)cc1. The van der Waals surface area contributed by atoms with Gasteiger partial charge in [0.25, 0.3) is 0 Å². The van der Waals surface area contributed by atoms with E-state index < -0.39 is 8.32 Å². The lowest BCUT2D eigenvalue weighted by Crippen LogP contribution is -2.28. The largest absolute Gasteiger partial charge is 0.420 e. The zero-order valence-corrected chi connectivity index (χ0v) is 10.2. The molecule has 0 amide bonds. The second-order valence-corrected chi connectivity index (χ2v) is 8.63. The van der Waals surface area contributed by atoms with Crippen molar-refractivity contribution in [2.75, 3.05) is 12.8 Å². The lowest BCUT2D eigenvalue weighted by atomic mass is 10.1. The van der Waals surface area contributed by atoms with E-state index in [1.54, 1.807) is 0 Å². The van der Waals surface area contributed by atoms with Crippen LogP contribution in [0.15, 0.2) is 24.3 Å².